The molecule has 1 aromatic rings. The Morgan fingerprint density at radius 1 is 1.50 bits per heavy atom. The van der Waals surface area contributed by atoms with E-state index in [1.54, 1.807) is 18.2 Å². The van der Waals surface area contributed by atoms with Crippen molar-refractivity contribution in [2.24, 2.45) is 5.73 Å². The Morgan fingerprint density at radius 3 is 2.62 bits per heavy atom. The van der Waals surface area contributed by atoms with Crippen LogP contribution in [-0.2, 0) is 10.0 Å². The Labute approximate surface area is 101 Å². The molecule has 0 spiro atoms. The third-order valence-corrected chi connectivity index (χ3v) is 4.00. The van der Waals surface area contributed by atoms with E-state index in [-0.39, 0.29) is 16.4 Å². The quantitative estimate of drug-likeness (QED) is 0.815. The molecule has 16 heavy (non-hydrogen) atoms. The molecule has 0 saturated heterocycles. The van der Waals surface area contributed by atoms with Gasteiger partial charge in [-0.3, -0.25) is 0 Å². The second kappa shape index (κ2) is 4.90. The van der Waals surface area contributed by atoms with E-state index < -0.39 is 10.0 Å². The number of sulfonamides is 1. The number of likely N-dealkylation sites (N-methyl/N-ethyl adjacent to an activating group) is 1. The molecule has 0 aliphatic rings. The van der Waals surface area contributed by atoms with Gasteiger partial charge in [-0.1, -0.05) is 24.4 Å². The highest BCUT2D eigenvalue weighted by Crippen LogP contribution is 2.15. The van der Waals surface area contributed by atoms with Crippen molar-refractivity contribution in [3.8, 4) is 0 Å². The van der Waals surface area contributed by atoms with Crippen LogP contribution in [0.4, 0.5) is 0 Å². The number of rotatable bonds is 4. The smallest absolute Gasteiger partial charge is 0.243 e. The lowest BCUT2D eigenvalue weighted by atomic mass is 10.2. The predicted octanol–water partition coefficient (Wildman–Crippen LogP) is 0.902. The van der Waals surface area contributed by atoms with E-state index in [0.717, 1.165) is 9.87 Å². The molecular weight excluding hydrogens is 244 g/mol. The van der Waals surface area contributed by atoms with Crippen LogP contribution in [-0.4, -0.2) is 31.3 Å². The molecule has 0 heterocycles. The van der Waals surface area contributed by atoms with Crippen molar-refractivity contribution >= 4 is 27.2 Å². The zero-order chi connectivity index (χ0) is 12.3. The van der Waals surface area contributed by atoms with Gasteiger partial charge in [0, 0.05) is 7.05 Å². The first-order chi connectivity index (χ1) is 7.34. The third-order valence-electron chi connectivity index (χ3n) is 2.08. The lowest BCUT2D eigenvalue weighted by Crippen LogP contribution is -2.34. The molecule has 0 amide bonds. The van der Waals surface area contributed by atoms with Crippen molar-refractivity contribution in [3.05, 3.63) is 29.8 Å². The minimum atomic E-state index is -3.49. The number of hydrogen-bond acceptors (Lipinski definition) is 3. The fraction of sp³-hybridized carbons (Fsp3) is 0.300. The highest BCUT2D eigenvalue weighted by Gasteiger charge is 2.20. The number of thiocarbonyl (C=S) groups is 1. The van der Waals surface area contributed by atoms with Crippen LogP contribution in [0.15, 0.2) is 29.2 Å². The largest absolute Gasteiger partial charge is 0.392 e. The first-order valence-electron chi connectivity index (χ1n) is 4.65. The first-order valence-corrected chi connectivity index (χ1v) is 6.50. The highest BCUT2D eigenvalue weighted by atomic mass is 32.2. The zero-order valence-corrected chi connectivity index (χ0v) is 10.8. The third kappa shape index (κ3) is 3.01. The molecule has 0 radical (unpaired) electrons. The van der Waals surface area contributed by atoms with Gasteiger partial charge < -0.3 is 5.73 Å². The van der Waals surface area contributed by atoms with Crippen LogP contribution < -0.4 is 5.73 Å². The summed E-state index contributed by atoms with van der Waals surface area (Å²) in [7, 11) is -2.04. The zero-order valence-electron chi connectivity index (χ0n) is 9.17. The average Bonchev–Trinajstić information content (AvgIpc) is 2.16. The summed E-state index contributed by atoms with van der Waals surface area (Å²) >= 11 is 4.69. The lowest BCUT2D eigenvalue weighted by molar-refractivity contribution is 0.506. The van der Waals surface area contributed by atoms with Crippen molar-refractivity contribution in [1.29, 1.82) is 0 Å². The van der Waals surface area contributed by atoms with Gasteiger partial charge in [0.1, 0.15) is 0 Å². The summed E-state index contributed by atoms with van der Waals surface area (Å²) < 4.78 is 25.2. The summed E-state index contributed by atoms with van der Waals surface area (Å²) in [5, 5.41) is 0. The van der Waals surface area contributed by atoms with Crippen molar-refractivity contribution in [1.82, 2.24) is 4.31 Å². The maximum absolute atomic E-state index is 12.0. The van der Waals surface area contributed by atoms with Gasteiger partial charge in [0.05, 0.1) is 16.4 Å². The Bertz CT molecular complexity index is 497. The molecule has 1 aromatic carbocycles. The topological polar surface area (TPSA) is 63.4 Å². The number of nitrogens with zero attached hydrogens (tertiary/aromatic N) is 1. The minimum absolute atomic E-state index is 0.0472. The van der Waals surface area contributed by atoms with Crippen molar-refractivity contribution in [2.45, 2.75) is 11.8 Å². The van der Waals surface area contributed by atoms with E-state index in [0.29, 0.717) is 0 Å². The van der Waals surface area contributed by atoms with Crippen LogP contribution in [0, 0.1) is 6.92 Å². The first kappa shape index (κ1) is 13.1. The van der Waals surface area contributed by atoms with E-state index in [1.807, 2.05) is 13.0 Å². The van der Waals surface area contributed by atoms with Gasteiger partial charge in [-0.05, 0) is 24.6 Å². The maximum Gasteiger partial charge on any atom is 0.243 e. The molecular formula is C10H14N2O2S2. The second-order valence-electron chi connectivity index (χ2n) is 3.54. The summed E-state index contributed by atoms with van der Waals surface area (Å²) in [6, 6.07) is 6.72. The van der Waals surface area contributed by atoms with Gasteiger partial charge in [0.15, 0.2) is 0 Å². The molecule has 6 heteroatoms. The Hall–Kier alpha value is -0.980. The maximum atomic E-state index is 12.0. The van der Waals surface area contributed by atoms with Crippen molar-refractivity contribution in [3.63, 3.8) is 0 Å². The van der Waals surface area contributed by atoms with Crippen LogP contribution >= 0.6 is 12.2 Å². The van der Waals surface area contributed by atoms with Crippen LogP contribution in [0.3, 0.4) is 0 Å². The summed E-state index contributed by atoms with van der Waals surface area (Å²) in [4.78, 5) is 0.407. The fourth-order valence-electron chi connectivity index (χ4n) is 1.26. The van der Waals surface area contributed by atoms with E-state index in [1.165, 1.54) is 7.05 Å². The Balaban J connectivity index is 3.07. The standard InChI is InChI=1S/C10H14N2O2S2/c1-8-4-3-5-9(6-8)16(13,14)12(2)7-10(11)15/h3-6H,7H2,1-2H3,(H2,11,15). The summed E-state index contributed by atoms with van der Waals surface area (Å²) in [6.45, 7) is 1.89. The molecule has 0 fully saturated rings. The number of hydrogen-bond donors (Lipinski definition) is 1. The average molecular weight is 258 g/mol. The van der Waals surface area contributed by atoms with Gasteiger partial charge >= 0.3 is 0 Å². The van der Waals surface area contributed by atoms with Gasteiger partial charge in [0.25, 0.3) is 0 Å². The molecule has 88 valence electrons. The van der Waals surface area contributed by atoms with Gasteiger partial charge in [-0.15, -0.1) is 0 Å². The highest BCUT2D eigenvalue weighted by molar-refractivity contribution is 7.89. The summed E-state index contributed by atoms with van der Waals surface area (Å²) in [5.41, 5.74) is 6.22. The normalized spacial score (nSPS) is 11.7. The van der Waals surface area contributed by atoms with Crippen LogP contribution in [0.2, 0.25) is 0 Å². The van der Waals surface area contributed by atoms with Gasteiger partial charge in [0.2, 0.25) is 10.0 Å². The monoisotopic (exact) mass is 258 g/mol. The molecule has 0 aliphatic heterocycles. The summed E-state index contributed by atoms with van der Waals surface area (Å²) in [6.07, 6.45) is 0. The molecule has 0 atom stereocenters. The molecule has 0 aliphatic carbocycles. The van der Waals surface area contributed by atoms with E-state index >= 15 is 0 Å². The number of nitrogens with two attached hydrogens (primary N) is 1. The molecule has 0 bridgehead atoms. The molecule has 0 unspecified atom stereocenters. The molecule has 0 aromatic heterocycles. The van der Waals surface area contributed by atoms with Crippen molar-refractivity contribution < 1.29 is 8.42 Å². The number of benzene rings is 1. The van der Waals surface area contributed by atoms with Crippen LogP contribution in [0.5, 0.6) is 0 Å². The van der Waals surface area contributed by atoms with E-state index in [2.05, 4.69) is 12.2 Å². The van der Waals surface area contributed by atoms with Gasteiger partial charge in [-0.2, -0.15) is 4.31 Å². The molecule has 1 rings (SSSR count). The fourth-order valence-corrected chi connectivity index (χ4v) is 2.79. The van der Waals surface area contributed by atoms with E-state index in [4.69, 9.17) is 5.73 Å². The van der Waals surface area contributed by atoms with Crippen molar-refractivity contribution in [2.75, 3.05) is 13.6 Å². The number of aryl methyl sites for hydroxylation is 1. The summed E-state index contributed by atoms with van der Waals surface area (Å²) in [5.74, 6) is 0. The molecule has 0 saturated carbocycles. The second-order valence-corrected chi connectivity index (χ2v) is 6.11. The minimum Gasteiger partial charge on any atom is -0.392 e. The van der Waals surface area contributed by atoms with Crippen LogP contribution in [0.25, 0.3) is 0 Å². The van der Waals surface area contributed by atoms with E-state index in [9.17, 15) is 8.42 Å². The van der Waals surface area contributed by atoms with Crippen LogP contribution in [0.1, 0.15) is 5.56 Å². The van der Waals surface area contributed by atoms with Gasteiger partial charge in [-0.25, -0.2) is 8.42 Å². The predicted molar refractivity (Wildman–Crippen MR) is 67.8 cm³/mol. The lowest BCUT2D eigenvalue weighted by Gasteiger charge is -2.16. The Morgan fingerprint density at radius 2 is 2.12 bits per heavy atom. The molecule has 4 nitrogen and oxygen atoms in total. The SMILES string of the molecule is Cc1cccc(S(=O)(=O)N(C)CC(N)=S)c1. The Kier molecular flexibility index (Phi) is 4.01. The molecule has 2 N–H and O–H groups in total.